The predicted molar refractivity (Wildman–Crippen MR) is 106 cm³/mol. The Labute approximate surface area is 156 Å². The van der Waals surface area contributed by atoms with Crippen LogP contribution in [0.4, 0.5) is 0 Å². The zero-order chi connectivity index (χ0) is 18.7. The first-order valence-electron chi connectivity index (χ1n) is 8.27. The van der Waals surface area contributed by atoms with E-state index in [0.717, 1.165) is 16.1 Å². The van der Waals surface area contributed by atoms with Crippen molar-refractivity contribution < 1.29 is 9.90 Å². The van der Waals surface area contributed by atoms with Crippen LogP contribution >= 0.6 is 11.3 Å². The van der Waals surface area contributed by atoms with Crippen LogP contribution in [0.3, 0.4) is 0 Å². The fourth-order valence-corrected chi connectivity index (χ4v) is 3.28. The van der Waals surface area contributed by atoms with Crippen LogP contribution in [-0.4, -0.2) is 21.0 Å². The van der Waals surface area contributed by atoms with Gasteiger partial charge in [-0.25, -0.2) is 9.78 Å². The van der Waals surface area contributed by atoms with Gasteiger partial charge in [-0.1, -0.05) is 51.1 Å². The lowest BCUT2D eigenvalue weighted by molar-refractivity contribution is 0.0696. The van der Waals surface area contributed by atoms with Crippen molar-refractivity contribution in [2.75, 3.05) is 0 Å². The number of rotatable bonds is 4. The number of aromatic carboxylic acids is 1. The van der Waals surface area contributed by atoms with Gasteiger partial charge in [-0.3, -0.25) is 4.98 Å². The summed E-state index contributed by atoms with van der Waals surface area (Å²) < 4.78 is 0. The van der Waals surface area contributed by atoms with Crippen LogP contribution < -0.4 is 0 Å². The van der Waals surface area contributed by atoms with Crippen molar-refractivity contribution in [2.24, 2.45) is 0 Å². The zero-order valence-corrected chi connectivity index (χ0v) is 15.7. The molecule has 2 heterocycles. The molecule has 4 nitrogen and oxygen atoms in total. The van der Waals surface area contributed by atoms with Crippen molar-refractivity contribution in [2.45, 2.75) is 26.2 Å². The van der Waals surface area contributed by atoms with Gasteiger partial charge in [0.1, 0.15) is 5.01 Å². The summed E-state index contributed by atoms with van der Waals surface area (Å²) >= 11 is 1.73. The average molecular weight is 364 g/mol. The molecule has 0 unspecified atom stereocenters. The van der Waals surface area contributed by atoms with Gasteiger partial charge in [0, 0.05) is 22.8 Å². The highest BCUT2D eigenvalue weighted by Gasteiger charge is 2.17. The van der Waals surface area contributed by atoms with Gasteiger partial charge in [-0.15, -0.1) is 11.3 Å². The van der Waals surface area contributed by atoms with Crippen LogP contribution in [0.5, 0.6) is 0 Å². The standard InChI is InChI=1S/C21H20N2O2S/c1-21(2,3)18-13-23-19(26-18)15-7-4-14(5-8-15)6-10-17-11-9-16(12-22-17)20(24)25/h4-13H,1-3H3,(H,24,25)/b10-6+. The van der Waals surface area contributed by atoms with E-state index in [1.165, 1.54) is 11.1 Å². The van der Waals surface area contributed by atoms with Gasteiger partial charge in [0.05, 0.1) is 11.3 Å². The number of carboxylic acids is 1. The summed E-state index contributed by atoms with van der Waals surface area (Å²) in [5.74, 6) is -0.972. The second-order valence-corrected chi connectivity index (χ2v) is 8.04. The Hall–Kier alpha value is -2.79. The number of thiazole rings is 1. The van der Waals surface area contributed by atoms with Gasteiger partial charge < -0.3 is 5.11 Å². The smallest absolute Gasteiger partial charge is 0.337 e. The molecule has 3 aromatic rings. The maximum Gasteiger partial charge on any atom is 0.337 e. The van der Waals surface area contributed by atoms with Crippen LogP contribution in [0.15, 0.2) is 48.8 Å². The molecule has 0 bridgehead atoms. The number of pyridine rings is 1. The van der Waals surface area contributed by atoms with Crippen molar-refractivity contribution in [3.8, 4) is 10.6 Å². The van der Waals surface area contributed by atoms with Crippen LogP contribution in [0.1, 0.15) is 47.3 Å². The molecule has 0 spiro atoms. The van der Waals surface area contributed by atoms with E-state index in [1.807, 2.05) is 30.5 Å². The van der Waals surface area contributed by atoms with Gasteiger partial charge in [0.15, 0.2) is 0 Å². The summed E-state index contributed by atoms with van der Waals surface area (Å²) in [5, 5.41) is 9.91. The van der Waals surface area contributed by atoms with E-state index < -0.39 is 5.97 Å². The summed E-state index contributed by atoms with van der Waals surface area (Å²) in [5.41, 5.74) is 3.16. The minimum Gasteiger partial charge on any atom is -0.478 e. The first-order valence-corrected chi connectivity index (χ1v) is 9.09. The van der Waals surface area contributed by atoms with Crippen LogP contribution in [0, 0.1) is 0 Å². The molecule has 0 atom stereocenters. The molecule has 5 heteroatoms. The number of benzene rings is 1. The zero-order valence-electron chi connectivity index (χ0n) is 14.9. The monoisotopic (exact) mass is 364 g/mol. The van der Waals surface area contributed by atoms with E-state index >= 15 is 0 Å². The van der Waals surface area contributed by atoms with Crippen LogP contribution in [0.25, 0.3) is 22.7 Å². The molecule has 0 aliphatic carbocycles. The fraction of sp³-hybridized carbons (Fsp3) is 0.190. The lowest BCUT2D eigenvalue weighted by atomic mass is 9.96. The third-order valence-corrected chi connectivity index (χ3v) is 5.35. The molecule has 0 amide bonds. The summed E-state index contributed by atoms with van der Waals surface area (Å²) in [4.78, 5) is 20.8. The Morgan fingerprint density at radius 3 is 2.27 bits per heavy atom. The molecule has 1 N–H and O–H groups in total. The maximum atomic E-state index is 10.8. The third-order valence-electron chi connectivity index (χ3n) is 3.88. The molecule has 0 radical (unpaired) electrons. The van der Waals surface area contributed by atoms with E-state index in [0.29, 0.717) is 5.69 Å². The van der Waals surface area contributed by atoms with Crippen molar-refractivity contribution in [3.63, 3.8) is 0 Å². The van der Waals surface area contributed by atoms with E-state index in [2.05, 4.69) is 42.9 Å². The molecule has 0 saturated carbocycles. The van der Waals surface area contributed by atoms with E-state index in [1.54, 1.807) is 23.5 Å². The lowest BCUT2D eigenvalue weighted by Crippen LogP contribution is -2.07. The molecule has 26 heavy (non-hydrogen) atoms. The molecular weight excluding hydrogens is 344 g/mol. The van der Waals surface area contributed by atoms with E-state index in [9.17, 15) is 4.79 Å². The Kier molecular flexibility index (Phi) is 5.00. The molecule has 1 aromatic carbocycles. The lowest BCUT2D eigenvalue weighted by Gasteiger charge is -2.14. The largest absolute Gasteiger partial charge is 0.478 e. The van der Waals surface area contributed by atoms with Crippen molar-refractivity contribution in [1.29, 1.82) is 0 Å². The summed E-state index contributed by atoms with van der Waals surface area (Å²) in [6, 6.07) is 11.4. The predicted octanol–water partition coefficient (Wildman–Crippen LogP) is 5.37. The molecule has 0 aliphatic heterocycles. The minimum atomic E-state index is -0.972. The summed E-state index contributed by atoms with van der Waals surface area (Å²) in [6.45, 7) is 6.57. The average Bonchev–Trinajstić information content (AvgIpc) is 3.11. The quantitative estimate of drug-likeness (QED) is 0.676. The Balaban J connectivity index is 1.73. The number of nitrogens with zero attached hydrogens (tertiary/aromatic N) is 2. The fourth-order valence-electron chi connectivity index (χ4n) is 2.30. The number of carbonyl (C=O) groups is 1. The summed E-state index contributed by atoms with van der Waals surface area (Å²) in [7, 11) is 0. The van der Waals surface area contributed by atoms with Crippen LogP contribution in [-0.2, 0) is 5.41 Å². The number of hydrogen-bond acceptors (Lipinski definition) is 4. The SMILES string of the molecule is CC(C)(C)c1cnc(-c2ccc(/C=C/c3ccc(C(=O)O)cn3)cc2)s1. The number of hydrogen-bond donors (Lipinski definition) is 1. The van der Waals surface area contributed by atoms with Crippen molar-refractivity contribution in [3.05, 3.63) is 70.5 Å². The van der Waals surface area contributed by atoms with Gasteiger partial charge in [0.25, 0.3) is 0 Å². The molecular formula is C21H20N2O2S. The highest BCUT2D eigenvalue weighted by molar-refractivity contribution is 7.15. The molecule has 132 valence electrons. The minimum absolute atomic E-state index is 0.113. The highest BCUT2D eigenvalue weighted by Crippen LogP contribution is 2.32. The molecule has 0 fully saturated rings. The molecule has 3 rings (SSSR count). The first kappa shape index (κ1) is 18.0. The van der Waals surface area contributed by atoms with E-state index in [-0.39, 0.29) is 11.0 Å². The molecule has 0 aliphatic rings. The van der Waals surface area contributed by atoms with Crippen molar-refractivity contribution in [1.82, 2.24) is 9.97 Å². The Morgan fingerprint density at radius 2 is 1.73 bits per heavy atom. The number of aromatic nitrogens is 2. The van der Waals surface area contributed by atoms with Gasteiger partial charge >= 0.3 is 5.97 Å². The Morgan fingerprint density at radius 1 is 1.00 bits per heavy atom. The van der Waals surface area contributed by atoms with Crippen molar-refractivity contribution >= 4 is 29.5 Å². The highest BCUT2D eigenvalue weighted by atomic mass is 32.1. The normalized spacial score (nSPS) is 11.8. The van der Waals surface area contributed by atoms with Gasteiger partial charge in [0.2, 0.25) is 0 Å². The second-order valence-electron chi connectivity index (χ2n) is 7.01. The van der Waals surface area contributed by atoms with E-state index in [4.69, 9.17) is 5.11 Å². The Bertz CT molecular complexity index is 933. The van der Waals surface area contributed by atoms with Gasteiger partial charge in [-0.05, 0) is 29.2 Å². The topological polar surface area (TPSA) is 63.1 Å². The second kappa shape index (κ2) is 7.22. The van der Waals surface area contributed by atoms with Crippen LogP contribution in [0.2, 0.25) is 0 Å². The maximum absolute atomic E-state index is 10.8. The summed E-state index contributed by atoms with van der Waals surface area (Å²) in [6.07, 6.45) is 7.14. The molecule has 0 saturated heterocycles. The van der Waals surface area contributed by atoms with Gasteiger partial charge in [-0.2, -0.15) is 0 Å². The first-order chi connectivity index (χ1) is 12.3. The number of carboxylic acid groups (broad SMARTS) is 1. The third kappa shape index (κ3) is 4.24. The molecule has 2 aromatic heterocycles.